The largest absolute Gasteiger partial charge is 0.463 e. The Balaban J connectivity index is 1.05. The van der Waals surface area contributed by atoms with Crippen LogP contribution in [0.25, 0.3) is 76.8 Å². The van der Waals surface area contributed by atoms with Crippen molar-refractivity contribution in [3.8, 4) is 44.5 Å². The first kappa shape index (κ1) is 42.5. The summed E-state index contributed by atoms with van der Waals surface area (Å²) in [4.78, 5) is 11.6. The van der Waals surface area contributed by atoms with Gasteiger partial charge in [-0.05, 0) is 154 Å². The number of fused-ring (bicyclic) bond motifs is 6. The summed E-state index contributed by atoms with van der Waals surface area (Å²) in [5.41, 5.74) is 9.34. The Hall–Kier alpha value is -6.46. The van der Waals surface area contributed by atoms with E-state index in [0.717, 1.165) is 92.8 Å². The highest BCUT2D eigenvalue weighted by molar-refractivity contribution is 6.25. The molecule has 2 nitrogen and oxygen atoms in total. The van der Waals surface area contributed by atoms with Crippen molar-refractivity contribution >= 4 is 38.3 Å². The summed E-state index contributed by atoms with van der Waals surface area (Å²) < 4.78 is 53.2. The number of ether oxygens (including phenoxy) is 1. The molecule has 0 saturated heterocycles. The van der Waals surface area contributed by atoms with Gasteiger partial charge in [-0.3, -0.25) is 0 Å². The van der Waals surface area contributed by atoms with E-state index in [2.05, 4.69) is 132 Å². The third kappa shape index (κ3) is 6.48. The van der Waals surface area contributed by atoms with Crippen LogP contribution in [0.3, 0.4) is 0 Å². The SMILES string of the molecule is C=CC(=O)OCCCCCC1(C(=C)CC)c2ccccc2-c2ccc(-c3ccc4c(c3)C(C)(C(F)(F)F)c3cc(-c5ccc6ccc7cc(C(C)(C)C)cc8ccc5c6c78)ccc3-4)cc21. The van der Waals surface area contributed by atoms with Crippen molar-refractivity contribution < 1.29 is 22.7 Å². The third-order valence-corrected chi connectivity index (χ3v) is 14.9. The molecule has 0 fully saturated rings. The fraction of sp³-hybridized carbons (Fsp3) is 0.250. The number of hydrogen-bond acceptors (Lipinski definition) is 2. The minimum Gasteiger partial charge on any atom is -0.463 e. The lowest BCUT2D eigenvalue weighted by Gasteiger charge is -2.35. The lowest BCUT2D eigenvalue weighted by molar-refractivity contribution is -0.172. The summed E-state index contributed by atoms with van der Waals surface area (Å²) in [6.45, 7) is 18.7. The number of unbranched alkanes of at least 4 members (excludes halogenated alkanes) is 2. The predicted molar refractivity (Wildman–Crippen MR) is 263 cm³/mol. The number of benzene rings is 8. The van der Waals surface area contributed by atoms with Gasteiger partial charge in [-0.15, -0.1) is 0 Å². The first-order valence-corrected chi connectivity index (χ1v) is 22.9. The number of carbonyl (C=O) groups is 1. The van der Waals surface area contributed by atoms with Gasteiger partial charge in [0.05, 0.1) is 6.61 Å². The van der Waals surface area contributed by atoms with Gasteiger partial charge in [-0.2, -0.15) is 13.2 Å². The molecule has 65 heavy (non-hydrogen) atoms. The molecule has 326 valence electrons. The van der Waals surface area contributed by atoms with E-state index in [4.69, 9.17) is 4.74 Å². The second kappa shape index (κ2) is 15.3. The number of allylic oxidation sites excluding steroid dienone is 1. The minimum absolute atomic E-state index is 0.0133. The highest BCUT2D eigenvalue weighted by Gasteiger charge is 2.58. The Morgan fingerprint density at radius 3 is 1.83 bits per heavy atom. The summed E-state index contributed by atoms with van der Waals surface area (Å²) >= 11 is 0. The van der Waals surface area contributed by atoms with E-state index in [9.17, 15) is 4.79 Å². The van der Waals surface area contributed by atoms with E-state index >= 15 is 13.2 Å². The van der Waals surface area contributed by atoms with E-state index in [1.807, 2.05) is 24.3 Å². The maximum Gasteiger partial charge on any atom is 0.402 e. The van der Waals surface area contributed by atoms with E-state index < -0.39 is 23.0 Å². The summed E-state index contributed by atoms with van der Waals surface area (Å²) in [5.74, 6) is -0.419. The molecule has 0 saturated carbocycles. The van der Waals surface area contributed by atoms with Crippen molar-refractivity contribution in [2.45, 2.75) is 89.1 Å². The van der Waals surface area contributed by atoms with E-state index in [0.29, 0.717) is 17.7 Å². The van der Waals surface area contributed by atoms with Gasteiger partial charge in [-0.25, -0.2) is 4.79 Å². The number of hydrogen-bond donors (Lipinski definition) is 0. The van der Waals surface area contributed by atoms with Crippen LogP contribution in [-0.2, 0) is 25.8 Å². The molecule has 2 aliphatic carbocycles. The molecule has 5 heteroatoms. The Bertz CT molecular complexity index is 3230. The number of carbonyl (C=O) groups excluding carboxylic acids is 1. The predicted octanol–water partition coefficient (Wildman–Crippen LogP) is 16.6. The first-order chi connectivity index (χ1) is 31.1. The molecule has 8 aromatic carbocycles. The van der Waals surface area contributed by atoms with Crippen LogP contribution < -0.4 is 0 Å². The molecule has 0 spiro atoms. The third-order valence-electron chi connectivity index (χ3n) is 14.9. The molecule has 0 bridgehead atoms. The summed E-state index contributed by atoms with van der Waals surface area (Å²) in [7, 11) is 0. The molecular formula is C60H53F3O2. The first-order valence-electron chi connectivity index (χ1n) is 22.9. The molecule has 0 amide bonds. The second-order valence-corrected chi connectivity index (χ2v) is 19.4. The summed E-state index contributed by atoms with van der Waals surface area (Å²) in [6, 6.07) is 43.6. The van der Waals surface area contributed by atoms with Gasteiger partial charge in [0, 0.05) is 11.5 Å². The minimum atomic E-state index is -4.57. The summed E-state index contributed by atoms with van der Waals surface area (Å²) in [6.07, 6.45) is 0.649. The van der Waals surface area contributed by atoms with Gasteiger partial charge in [0.2, 0.25) is 0 Å². The Labute approximate surface area is 379 Å². The van der Waals surface area contributed by atoms with E-state index in [1.165, 1.54) is 40.3 Å². The fourth-order valence-corrected chi connectivity index (χ4v) is 11.3. The molecule has 0 N–H and O–H groups in total. The number of halogens is 3. The van der Waals surface area contributed by atoms with Crippen molar-refractivity contribution in [1.29, 1.82) is 0 Å². The van der Waals surface area contributed by atoms with Crippen molar-refractivity contribution in [3.05, 3.63) is 180 Å². The van der Waals surface area contributed by atoms with Gasteiger partial charge in [0.1, 0.15) is 5.41 Å². The molecule has 8 aromatic rings. The highest BCUT2D eigenvalue weighted by atomic mass is 19.4. The van der Waals surface area contributed by atoms with Crippen LogP contribution in [0.4, 0.5) is 13.2 Å². The fourth-order valence-electron chi connectivity index (χ4n) is 11.3. The van der Waals surface area contributed by atoms with Gasteiger partial charge in [0.25, 0.3) is 0 Å². The number of rotatable bonds is 11. The van der Waals surface area contributed by atoms with Crippen molar-refractivity contribution in [1.82, 2.24) is 0 Å². The number of esters is 1. The van der Waals surface area contributed by atoms with Crippen LogP contribution in [0.5, 0.6) is 0 Å². The standard InChI is InChI=1S/C60H53F3O2/c1-8-36(3)59(29-13-10-14-30-65-54(64)9-2)50-16-12-11-15-45(50)48-26-21-39(34-53(48)59)38-20-25-46-47-27-22-40(35-52(47)58(7,51(46)33-38)60(61,62)63)44-24-19-37-17-18-41-31-43(57(4,5)6)32-42-23-28-49(44)56(37)55(41)42/h9,11-12,15-28,31-35H,2-3,8,10,13-14,29-30H2,1,4-7H3. The van der Waals surface area contributed by atoms with Crippen LogP contribution in [0.1, 0.15) is 94.5 Å². The Morgan fingerprint density at radius 1 is 0.631 bits per heavy atom. The molecule has 2 atom stereocenters. The molecular weight excluding hydrogens is 810 g/mol. The molecule has 0 aliphatic heterocycles. The average molecular weight is 863 g/mol. The van der Waals surface area contributed by atoms with Gasteiger partial charge < -0.3 is 4.74 Å². The zero-order valence-corrected chi connectivity index (χ0v) is 37.8. The molecule has 2 aliphatic rings. The molecule has 0 radical (unpaired) electrons. The van der Waals surface area contributed by atoms with E-state index in [1.54, 1.807) is 12.1 Å². The topological polar surface area (TPSA) is 26.3 Å². The van der Waals surface area contributed by atoms with Crippen LogP contribution in [0, 0.1) is 0 Å². The summed E-state index contributed by atoms with van der Waals surface area (Å²) in [5, 5.41) is 6.81. The zero-order chi connectivity index (χ0) is 45.6. The second-order valence-electron chi connectivity index (χ2n) is 19.4. The van der Waals surface area contributed by atoms with Crippen molar-refractivity contribution in [3.63, 3.8) is 0 Å². The van der Waals surface area contributed by atoms with Gasteiger partial charge in [-0.1, -0.05) is 168 Å². The van der Waals surface area contributed by atoms with Gasteiger partial charge in [0.15, 0.2) is 0 Å². The monoisotopic (exact) mass is 862 g/mol. The van der Waals surface area contributed by atoms with Gasteiger partial charge >= 0.3 is 12.1 Å². The average Bonchev–Trinajstić information content (AvgIpc) is 3.74. The quantitative estimate of drug-likeness (QED) is 0.0426. The van der Waals surface area contributed by atoms with Crippen LogP contribution >= 0.6 is 0 Å². The zero-order valence-electron chi connectivity index (χ0n) is 37.8. The lowest BCUT2D eigenvalue weighted by Crippen LogP contribution is -2.38. The maximum atomic E-state index is 16.0. The van der Waals surface area contributed by atoms with Crippen LogP contribution in [-0.4, -0.2) is 18.8 Å². The number of alkyl halides is 3. The molecule has 10 rings (SSSR count). The maximum absolute atomic E-state index is 16.0. The molecule has 0 aromatic heterocycles. The van der Waals surface area contributed by atoms with Crippen molar-refractivity contribution in [2.75, 3.05) is 6.61 Å². The molecule has 0 heterocycles. The lowest BCUT2D eigenvalue weighted by atomic mass is 9.68. The van der Waals surface area contributed by atoms with E-state index in [-0.39, 0.29) is 16.5 Å². The van der Waals surface area contributed by atoms with Crippen molar-refractivity contribution in [2.24, 2.45) is 0 Å². The molecule has 2 unspecified atom stereocenters. The van der Waals surface area contributed by atoms with Crippen LogP contribution in [0.15, 0.2) is 152 Å². The smallest absolute Gasteiger partial charge is 0.402 e. The van der Waals surface area contributed by atoms with Crippen LogP contribution in [0.2, 0.25) is 0 Å². The Morgan fingerprint density at radius 2 is 1.18 bits per heavy atom. The highest BCUT2D eigenvalue weighted by Crippen LogP contribution is 2.59. The Kier molecular flexibility index (Phi) is 10.0. The normalized spacial score (nSPS) is 17.6.